The molecule has 0 radical (unpaired) electrons. The van der Waals surface area contributed by atoms with Crippen LogP contribution in [0.5, 0.6) is 0 Å². The number of morpholine rings is 1. The van der Waals surface area contributed by atoms with E-state index in [9.17, 15) is 4.79 Å². The summed E-state index contributed by atoms with van der Waals surface area (Å²) in [6.45, 7) is 5.95. The number of nitrogens with zero attached hydrogens (tertiary/aromatic N) is 2. The molecule has 24 heavy (non-hydrogen) atoms. The number of amides is 1. The predicted octanol–water partition coefficient (Wildman–Crippen LogP) is 3.51. The van der Waals surface area contributed by atoms with Gasteiger partial charge in [0.15, 0.2) is 5.13 Å². The molecule has 1 amide bonds. The van der Waals surface area contributed by atoms with Crippen LogP contribution in [0.15, 0.2) is 29.6 Å². The lowest BCUT2D eigenvalue weighted by Gasteiger charge is -2.34. The summed E-state index contributed by atoms with van der Waals surface area (Å²) in [5.41, 5.74) is 1.81. The molecule has 3 rings (SSSR count). The van der Waals surface area contributed by atoms with Crippen LogP contribution in [0.4, 0.5) is 5.13 Å². The standard InChI is InChI=1S/C17H20ClN3O2S/c1-11-7-21(8-12(2)23-11)9-16(22)20-17-19-15(10-24-17)13-3-5-14(18)6-4-13/h3-6,10-12H,7-9H2,1-2H3,(H,19,20,22)/t11-,12+. The number of carbonyl (C=O) groups is 1. The van der Waals surface area contributed by atoms with Crippen molar-refractivity contribution in [2.75, 3.05) is 25.0 Å². The predicted molar refractivity (Wildman–Crippen MR) is 97.6 cm³/mol. The zero-order valence-electron chi connectivity index (χ0n) is 13.7. The van der Waals surface area contributed by atoms with Crippen LogP contribution in [0, 0.1) is 0 Å². The molecule has 1 fully saturated rings. The summed E-state index contributed by atoms with van der Waals surface area (Å²) in [7, 11) is 0. The van der Waals surface area contributed by atoms with E-state index in [2.05, 4.69) is 15.2 Å². The third-order valence-electron chi connectivity index (χ3n) is 3.75. The molecular formula is C17H20ClN3O2S. The highest BCUT2D eigenvalue weighted by atomic mass is 35.5. The van der Waals surface area contributed by atoms with E-state index >= 15 is 0 Å². The van der Waals surface area contributed by atoms with Gasteiger partial charge in [-0.25, -0.2) is 4.98 Å². The van der Waals surface area contributed by atoms with Gasteiger partial charge < -0.3 is 10.1 Å². The molecule has 1 N–H and O–H groups in total. The molecule has 2 heterocycles. The molecule has 1 aliphatic rings. The van der Waals surface area contributed by atoms with Gasteiger partial charge in [-0.2, -0.15) is 0 Å². The fourth-order valence-electron chi connectivity index (χ4n) is 2.86. The zero-order valence-corrected chi connectivity index (χ0v) is 15.2. The molecule has 2 aromatic rings. The van der Waals surface area contributed by atoms with E-state index in [0.717, 1.165) is 24.3 Å². The van der Waals surface area contributed by atoms with Gasteiger partial charge in [-0.05, 0) is 26.0 Å². The summed E-state index contributed by atoms with van der Waals surface area (Å²) in [5.74, 6) is -0.0479. The Morgan fingerprint density at radius 1 is 1.33 bits per heavy atom. The second kappa shape index (κ2) is 7.61. The van der Waals surface area contributed by atoms with Gasteiger partial charge in [-0.15, -0.1) is 11.3 Å². The van der Waals surface area contributed by atoms with Crippen LogP contribution in [0.1, 0.15) is 13.8 Å². The summed E-state index contributed by atoms with van der Waals surface area (Å²) in [4.78, 5) is 18.8. The van der Waals surface area contributed by atoms with Crippen LogP contribution < -0.4 is 5.32 Å². The molecule has 1 aromatic carbocycles. The molecule has 0 saturated carbocycles. The normalized spacial score (nSPS) is 21.6. The van der Waals surface area contributed by atoms with Crippen LogP contribution in [-0.4, -0.2) is 47.6 Å². The maximum atomic E-state index is 12.2. The molecule has 0 bridgehead atoms. The average molecular weight is 366 g/mol. The van der Waals surface area contributed by atoms with E-state index in [-0.39, 0.29) is 18.1 Å². The van der Waals surface area contributed by atoms with Crippen molar-refractivity contribution in [1.29, 1.82) is 0 Å². The number of hydrogen-bond acceptors (Lipinski definition) is 5. The molecular weight excluding hydrogens is 346 g/mol. The topological polar surface area (TPSA) is 54.5 Å². The number of halogens is 1. The Hall–Kier alpha value is -1.47. The highest BCUT2D eigenvalue weighted by Gasteiger charge is 2.23. The van der Waals surface area contributed by atoms with Crippen molar-refractivity contribution in [3.63, 3.8) is 0 Å². The number of thiazole rings is 1. The van der Waals surface area contributed by atoms with Gasteiger partial charge in [0.05, 0.1) is 24.4 Å². The van der Waals surface area contributed by atoms with Gasteiger partial charge in [-0.3, -0.25) is 9.69 Å². The highest BCUT2D eigenvalue weighted by Crippen LogP contribution is 2.26. The fraction of sp³-hybridized carbons (Fsp3) is 0.412. The van der Waals surface area contributed by atoms with Crippen molar-refractivity contribution in [2.45, 2.75) is 26.1 Å². The number of rotatable bonds is 4. The van der Waals surface area contributed by atoms with Gasteiger partial charge in [0, 0.05) is 29.1 Å². The summed E-state index contributed by atoms with van der Waals surface area (Å²) in [5, 5.41) is 6.11. The molecule has 7 heteroatoms. The van der Waals surface area contributed by atoms with Crippen molar-refractivity contribution < 1.29 is 9.53 Å². The second-order valence-electron chi connectivity index (χ2n) is 6.04. The highest BCUT2D eigenvalue weighted by molar-refractivity contribution is 7.14. The first-order chi connectivity index (χ1) is 11.5. The van der Waals surface area contributed by atoms with Crippen LogP contribution in [0.2, 0.25) is 5.02 Å². The first kappa shape index (κ1) is 17.4. The number of carbonyl (C=O) groups excluding carboxylic acids is 1. The molecule has 0 aliphatic carbocycles. The molecule has 5 nitrogen and oxygen atoms in total. The van der Waals surface area contributed by atoms with E-state index in [0.29, 0.717) is 16.7 Å². The lowest BCUT2D eigenvalue weighted by atomic mass is 10.2. The van der Waals surface area contributed by atoms with E-state index < -0.39 is 0 Å². The molecule has 0 unspecified atom stereocenters. The van der Waals surface area contributed by atoms with Crippen molar-refractivity contribution in [2.24, 2.45) is 0 Å². The summed E-state index contributed by atoms with van der Waals surface area (Å²) in [6.07, 6.45) is 0.302. The smallest absolute Gasteiger partial charge is 0.240 e. The minimum Gasteiger partial charge on any atom is -0.373 e. The van der Waals surface area contributed by atoms with Crippen molar-refractivity contribution in [1.82, 2.24) is 9.88 Å². The summed E-state index contributed by atoms with van der Waals surface area (Å²) >= 11 is 7.32. The Bertz CT molecular complexity index is 694. The number of aromatic nitrogens is 1. The third kappa shape index (κ3) is 4.54. The molecule has 2 atom stereocenters. The third-order valence-corrected chi connectivity index (χ3v) is 4.76. The number of ether oxygens (including phenoxy) is 1. The fourth-order valence-corrected chi connectivity index (χ4v) is 3.72. The lowest BCUT2D eigenvalue weighted by Crippen LogP contribution is -2.48. The SMILES string of the molecule is C[C@@H]1CN(CC(=O)Nc2nc(-c3ccc(Cl)cc3)cs2)C[C@H](C)O1. The number of hydrogen-bond donors (Lipinski definition) is 1. The van der Waals surface area contributed by atoms with E-state index in [1.165, 1.54) is 11.3 Å². The monoisotopic (exact) mass is 365 g/mol. The molecule has 1 saturated heterocycles. The van der Waals surface area contributed by atoms with E-state index in [4.69, 9.17) is 16.3 Å². The molecule has 128 valence electrons. The van der Waals surface area contributed by atoms with Crippen LogP contribution >= 0.6 is 22.9 Å². The summed E-state index contributed by atoms with van der Waals surface area (Å²) < 4.78 is 5.68. The van der Waals surface area contributed by atoms with Crippen molar-refractivity contribution in [3.8, 4) is 11.3 Å². The second-order valence-corrected chi connectivity index (χ2v) is 7.34. The first-order valence-corrected chi connectivity index (χ1v) is 9.14. The first-order valence-electron chi connectivity index (χ1n) is 7.89. The van der Waals surface area contributed by atoms with Gasteiger partial charge in [-0.1, -0.05) is 23.7 Å². The minimum absolute atomic E-state index is 0.0479. The Labute approximate surface area is 150 Å². The Morgan fingerprint density at radius 2 is 2.00 bits per heavy atom. The minimum atomic E-state index is -0.0479. The van der Waals surface area contributed by atoms with Crippen LogP contribution in [-0.2, 0) is 9.53 Å². The Balaban J connectivity index is 1.58. The van der Waals surface area contributed by atoms with Gasteiger partial charge in [0.25, 0.3) is 0 Å². The van der Waals surface area contributed by atoms with E-state index in [1.807, 2.05) is 43.5 Å². The van der Waals surface area contributed by atoms with Gasteiger partial charge in [0.1, 0.15) is 0 Å². The van der Waals surface area contributed by atoms with Gasteiger partial charge >= 0.3 is 0 Å². The number of nitrogens with one attached hydrogen (secondary N) is 1. The van der Waals surface area contributed by atoms with Crippen LogP contribution in [0.3, 0.4) is 0 Å². The lowest BCUT2D eigenvalue weighted by molar-refractivity contribution is -0.121. The number of anilines is 1. The van der Waals surface area contributed by atoms with Crippen molar-refractivity contribution in [3.05, 3.63) is 34.7 Å². The largest absolute Gasteiger partial charge is 0.373 e. The average Bonchev–Trinajstić information content (AvgIpc) is 2.95. The van der Waals surface area contributed by atoms with E-state index in [1.54, 1.807) is 0 Å². The van der Waals surface area contributed by atoms with Crippen molar-refractivity contribution >= 4 is 34.0 Å². The maximum absolute atomic E-state index is 12.2. The van der Waals surface area contributed by atoms with Crippen LogP contribution in [0.25, 0.3) is 11.3 Å². The van der Waals surface area contributed by atoms with Gasteiger partial charge in [0.2, 0.25) is 5.91 Å². The molecule has 1 aliphatic heterocycles. The Morgan fingerprint density at radius 3 is 2.67 bits per heavy atom. The maximum Gasteiger partial charge on any atom is 0.240 e. The molecule has 0 spiro atoms. The summed E-state index contributed by atoms with van der Waals surface area (Å²) in [6, 6.07) is 7.49. The number of benzene rings is 1. The Kier molecular flexibility index (Phi) is 5.50. The molecule has 1 aromatic heterocycles. The zero-order chi connectivity index (χ0) is 17.1. The quantitative estimate of drug-likeness (QED) is 0.900.